The molecule has 0 radical (unpaired) electrons. The number of ether oxygens (including phenoxy) is 3. The van der Waals surface area contributed by atoms with E-state index in [0.717, 1.165) is 22.6 Å². The van der Waals surface area contributed by atoms with E-state index in [1.807, 2.05) is 42.5 Å². The summed E-state index contributed by atoms with van der Waals surface area (Å²) in [4.78, 5) is 0. The Morgan fingerprint density at radius 2 is 1.35 bits per heavy atom. The van der Waals surface area contributed by atoms with Gasteiger partial charge in [0, 0.05) is 6.07 Å². The molecule has 3 heteroatoms. The van der Waals surface area contributed by atoms with Crippen molar-refractivity contribution >= 4 is 0 Å². The fraction of sp³-hybridized carbons (Fsp3) is 0.176. The third kappa shape index (κ3) is 3.04. The number of rotatable bonds is 3. The van der Waals surface area contributed by atoms with Crippen LogP contribution in [-0.2, 0) is 0 Å². The molecule has 0 saturated carbocycles. The highest BCUT2D eigenvalue weighted by atomic mass is 16.5. The van der Waals surface area contributed by atoms with Crippen molar-refractivity contribution in [1.29, 1.82) is 0 Å². The Hall–Kier alpha value is -2.60. The molecule has 3 nitrogen and oxygen atoms in total. The predicted octanol–water partition coefficient (Wildman–Crippen LogP) is 3.11. The Bertz CT molecular complexity index is 651. The second-order valence-corrected chi connectivity index (χ2v) is 4.02. The van der Waals surface area contributed by atoms with Crippen LogP contribution in [0.1, 0.15) is 11.1 Å². The van der Waals surface area contributed by atoms with E-state index >= 15 is 0 Å². The first-order valence-corrected chi connectivity index (χ1v) is 6.15. The van der Waals surface area contributed by atoms with E-state index in [1.54, 1.807) is 21.3 Å². The zero-order valence-corrected chi connectivity index (χ0v) is 11.8. The lowest BCUT2D eigenvalue weighted by Crippen LogP contribution is -1.90. The van der Waals surface area contributed by atoms with Crippen molar-refractivity contribution in [3.8, 4) is 29.1 Å². The van der Waals surface area contributed by atoms with Gasteiger partial charge in [-0.3, -0.25) is 0 Å². The largest absolute Gasteiger partial charge is 0.497 e. The SMILES string of the molecule is COc1ccc(C#Cc2ccccc2OC)c(OC)c1. The van der Waals surface area contributed by atoms with Gasteiger partial charge in [0.2, 0.25) is 0 Å². The molecule has 2 rings (SSSR count). The van der Waals surface area contributed by atoms with Gasteiger partial charge in [0.1, 0.15) is 17.2 Å². The minimum atomic E-state index is 0.687. The van der Waals surface area contributed by atoms with E-state index in [1.165, 1.54) is 0 Å². The van der Waals surface area contributed by atoms with Crippen LogP contribution in [0.25, 0.3) is 0 Å². The van der Waals surface area contributed by atoms with Crippen molar-refractivity contribution in [3.63, 3.8) is 0 Å². The highest BCUT2D eigenvalue weighted by molar-refractivity contribution is 5.54. The highest BCUT2D eigenvalue weighted by Crippen LogP contribution is 2.24. The summed E-state index contributed by atoms with van der Waals surface area (Å²) in [5, 5.41) is 0. The molecule has 2 aromatic rings. The van der Waals surface area contributed by atoms with Gasteiger partial charge in [-0.15, -0.1) is 0 Å². The number of hydrogen-bond donors (Lipinski definition) is 0. The molecule has 0 atom stereocenters. The standard InChI is InChI=1S/C17H16O3/c1-18-15-11-10-14(17(12-15)20-3)9-8-13-6-4-5-7-16(13)19-2/h4-7,10-12H,1-3H3. The Morgan fingerprint density at radius 3 is 2.00 bits per heavy atom. The number of methoxy groups -OCH3 is 3. The Labute approximate surface area is 119 Å². The summed E-state index contributed by atoms with van der Waals surface area (Å²) < 4.78 is 15.8. The maximum absolute atomic E-state index is 5.32. The minimum absolute atomic E-state index is 0.687. The summed E-state index contributed by atoms with van der Waals surface area (Å²) in [6, 6.07) is 13.2. The van der Waals surface area contributed by atoms with Crippen LogP contribution in [0.15, 0.2) is 42.5 Å². The lowest BCUT2D eigenvalue weighted by Gasteiger charge is -2.06. The summed E-state index contributed by atoms with van der Waals surface area (Å²) in [6.45, 7) is 0. The van der Waals surface area contributed by atoms with E-state index in [-0.39, 0.29) is 0 Å². The van der Waals surface area contributed by atoms with E-state index in [9.17, 15) is 0 Å². The van der Waals surface area contributed by atoms with Gasteiger partial charge in [0.25, 0.3) is 0 Å². The van der Waals surface area contributed by atoms with Gasteiger partial charge < -0.3 is 14.2 Å². The second kappa shape index (κ2) is 6.53. The molecular formula is C17H16O3. The summed E-state index contributed by atoms with van der Waals surface area (Å²) in [6.07, 6.45) is 0. The lowest BCUT2D eigenvalue weighted by molar-refractivity contribution is 0.393. The molecular weight excluding hydrogens is 252 g/mol. The lowest BCUT2D eigenvalue weighted by atomic mass is 10.1. The van der Waals surface area contributed by atoms with E-state index < -0.39 is 0 Å². The van der Waals surface area contributed by atoms with Crippen LogP contribution in [0.2, 0.25) is 0 Å². The Balaban J connectivity index is 2.37. The second-order valence-electron chi connectivity index (χ2n) is 4.02. The predicted molar refractivity (Wildman–Crippen MR) is 78.5 cm³/mol. The van der Waals surface area contributed by atoms with Crippen molar-refractivity contribution in [3.05, 3.63) is 53.6 Å². The van der Waals surface area contributed by atoms with E-state index in [4.69, 9.17) is 14.2 Å². The van der Waals surface area contributed by atoms with Crippen molar-refractivity contribution in [1.82, 2.24) is 0 Å². The van der Waals surface area contributed by atoms with Crippen LogP contribution in [0.4, 0.5) is 0 Å². The fourth-order valence-electron chi connectivity index (χ4n) is 1.78. The first-order valence-electron chi connectivity index (χ1n) is 6.15. The van der Waals surface area contributed by atoms with Gasteiger partial charge >= 0.3 is 0 Å². The van der Waals surface area contributed by atoms with Gasteiger partial charge in [-0.05, 0) is 24.3 Å². The van der Waals surface area contributed by atoms with Crippen molar-refractivity contribution in [2.75, 3.05) is 21.3 Å². The average molecular weight is 268 g/mol. The van der Waals surface area contributed by atoms with Gasteiger partial charge in [0.05, 0.1) is 32.5 Å². The average Bonchev–Trinajstić information content (AvgIpc) is 2.52. The van der Waals surface area contributed by atoms with Crippen LogP contribution >= 0.6 is 0 Å². The fourth-order valence-corrected chi connectivity index (χ4v) is 1.78. The summed E-state index contributed by atoms with van der Waals surface area (Å²) in [7, 11) is 4.87. The van der Waals surface area contributed by atoms with Crippen molar-refractivity contribution < 1.29 is 14.2 Å². The highest BCUT2D eigenvalue weighted by Gasteiger charge is 2.03. The third-order valence-corrected chi connectivity index (χ3v) is 2.85. The summed E-state index contributed by atoms with van der Waals surface area (Å²) in [5.74, 6) is 8.38. The van der Waals surface area contributed by atoms with Crippen LogP contribution in [0.3, 0.4) is 0 Å². The molecule has 0 aliphatic carbocycles. The van der Waals surface area contributed by atoms with Crippen LogP contribution in [-0.4, -0.2) is 21.3 Å². The molecule has 0 heterocycles. The molecule has 0 fully saturated rings. The molecule has 102 valence electrons. The van der Waals surface area contributed by atoms with E-state index in [0.29, 0.717) is 5.75 Å². The van der Waals surface area contributed by atoms with Crippen LogP contribution in [0.5, 0.6) is 17.2 Å². The van der Waals surface area contributed by atoms with E-state index in [2.05, 4.69) is 11.8 Å². The van der Waals surface area contributed by atoms with Crippen molar-refractivity contribution in [2.24, 2.45) is 0 Å². The normalized spacial score (nSPS) is 9.35. The van der Waals surface area contributed by atoms with Gasteiger partial charge in [-0.25, -0.2) is 0 Å². The maximum Gasteiger partial charge on any atom is 0.138 e. The first-order chi connectivity index (χ1) is 9.78. The van der Waals surface area contributed by atoms with Gasteiger partial charge in [-0.1, -0.05) is 24.0 Å². The first kappa shape index (κ1) is 13.8. The molecule has 0 aliphatic rings. The quantitative estimate of drug-likeness (QED) is 0.800. The minimum Gasteiger partial charge on any atom is -0.497 e. The molecule has 2 aromatic carbocycles. The summed E-state index contributed by atoms with van der Waals surface area (Å²) >= 11 is 0. The number of para-hydroxylation sites is 1. The number of benzene rings is 2. The number of hydrogen-bond acceptors (Lipinski definition) is 3. The zero-order chi connectivity index (χ0) is 14.4. The Kier molecular flexibility index (Phi) is 4.52. The molecule has 0 saturated heterocycles. The van der Waals surface area contributed by atoms with Crippen LogP contribution in [0, 0.1) is 11.8 Å². The topological polar surface area (TPSA) is 27.7 Å². The molecule has 0 aromatic heterocycles. The smallest absolute Gasteiger partial charge is 0.138 e. The van der Waals surface area contributed by atoms with Crippen LogP contribution < -0.4 is 14.2 Å². The van der Waals surface area contributed by atoms with Gasteiger partial charge in [0.15, 0.2) is 0 Å². The zero-order valence-electron chi connectivity index (χ0n) is 11.8. The monoisotopic (exact) mass is 268 g/mol. The molecule has 0 N–H and O–H groups in total. The summed E-state index contributed by atoms with van der Waals surface area (Å²) in [5.41, 5.74) is 1.65. The van der Waals surface area contributed by atoms with Crippen molar-refractivity contribution in [2.45, 2.75) is 0 Å². The molecule has 0 aliphatic heterocycles. The maximum atomic E-state index is 5.32. The molecule has 0 spiro atoms. The molecule has 20 heavy (non-hydrogen) atoms. The third-order valence-electron chi connectivity index (χ3n) is 2.85. The molecule has 0 amide bonds. The Morgan fingerprint density at radius 1 is 0.700 bits per heavy atom. The molecule has 0 bridgehead atoms. The molecule has 0 unspecified atom stereocenters. The van der Waals surface area contributed by atoms with Gasteiger partial charge in [-0.2, -0.15) is 0 Å².